The molecule has 0 fully saturated rings. The number of aromatic nitrogens is 5. The third-order valence-corrected chi connectivity index (χ3v) is 10.5. The first-order valence-electron chi connectivity index (χ1n) is 18.2. The number of benzene rings is 8. The molecule has 0 spiro atoms. The largest absolute Gasteiger partial charge is 0.309 e. The third-order valence-electron chi connectivity index (χ3n) is 10.5. The highest BCUT2D eigenvalue weighted by atomic mass is 15.0. The molecule has 0 unspecified atom stereocenters. The van der Waals surface area contributed by atoms with Gasteiger partial charge in [-0.15, -0.1) is 0 Å². The fraction of sp³-hybridized carbons (Fsp3) is 0. The minimum Gasteiger partial charge on any atom is -0.309 e. The number of hydrogen-bond donors (Lipinski definition) is 0. The Bertz CT molecular complexity index is 3140. The number of para-hydroxylation sites is 3. The number of nitrogens with zero attached hydrogens (tertiary/aromatic N) is 5. The van der Waals surface area contributed by atoms with E-state index in [0.29, 0.717) is 17.5 Å². The van der Waals surface area contributed by atoms with E-state index in [-0.39, 0.29) is 0 Å². The molecule has 3 aromatic heterocycles. The van der Waals surface area contributed by atoms with Crippen LogP contribution in [0, 0.1) is 0 Å². The molecule has 252 valence electrons. The van der Waals surface area contributed by atoms with Crippen LogP contribution in [0.1, 0.15) is 0 Å². The molecule has 5 heteroatoms. The molecule has 0 aliphatic heterocycles. The Morgan fingerprint density at radius 3 is 1.33 bits per heavy atom. The van der Waals surface area contributed by atoms with Crippen LogP contribution in [0.15, 0.2) is 188 Å². The standard InChI is InChI=1S/C49H31N5/c1-4-14-32(15-5-1)47-50-48(33-16-6-2-7-17-33)52-49(51-47)36-25-24-35-29-38(27-26-34(35)28-36)54-44-23-13-11-21-40(44)42-30-41-39-20-10-12-22-43(39)53(45(41)31-46(42)54)37-18-8-3-9-19-37/h1-31H. The van der Waals surface area contributed by atoms with Crippen LogP contribution in [-0.2, 0) is 0 Å². The second-order valence-electron chi connectivity index (χ2n) is 13.7. The molecular formula is C49H31N5. The van der Waals surface area contributed by atoms with E-state index >= 15 is 0 Å². The number of fused-ring (bicyclic) bond motifs is 7. The molecule has 0 saturated heterocycles. The maximum absolute atomic E-state index is 4.97. The molecule has 5 nitrogen and oxygen atoms in total. The maximum atomic E-state index is 4.97. The summed E-state index contributed by atoms with van der Waals surface area (Å²) in [6.45, 7) is 0. The van der Waals surface area contributed by atoms with Gasteiger partial charge in [-0.2, -0.15) is 0 Å². The van der Waals surface area contributed by atoms with Crippen LogP contribution >= 0.6 is 0 Å². The van der Waals surface area contributed by atoms with E-state index < -0.39 is 0 Å². The van der Waals surface area contributed by atoms with Crippen molar-refractivity contribution >= 4 is 54.4 Å². The van der Waals surface area contributed by atoms with Gasteiger partial charge in [0.25, 0.3) is 0 Å². The fourth-order valence-corrected chi connectivity index (χ4v) is 8.01. The van der Waals surface area contributed by atoms with Crippen LogP contribution < -0.4 is 0 Å². The van der Waals surface area contributed by atoms with E-state index in [1.807, 2.05) is 60.7 Å². The smallest absolute Gasteiger partial charge is 0.164 e. The topological polar surface area (TPSA) is 48.5 Å². The zero-order valence-electron chi connectivity index (χ0n) is 29.1. The van der Waals surface area contributed by atoms with Crippen molar-refractivity contribution in [2.24, 2.45) is 0 Å². The van der Waals surface area contributed by atoms with Crippen molar-refractivity contribution in [1.82, 2.24) is 24.1 Å². The first-order chi connectivity index (χ1) is 26.8. The Morgan fingerprint density at radius 2 is 0.741 bits per heavy atom. The molecule has 0 bridgehead atoms. The molecule has 8 aromatic carbocycles. The monoisotopic (exact) mass is 689 g/mol. The SMILES string of the molecule is c1ccc(-c2nc(-c3ccccc3)nc(-c3ccc4cc(-n5c6ccccc6c6cc7c8ccccc8n(-c8ccccc8)c7cc65)ccc4c3)n2)cc1. The lowest BCUT2D eigenvalue weighted by Crippen LogP contribution is -2.00. The average molecular weight is 690 g/mol. The highest BCUT2D eigenvalue weighted by molar-refractivity contribution is 6.19. The van der Waals surface area contributed by atoms with E-state index in [1.165, 1.54) is 43.6 Å². The van der Waals surface area contributed by atoms with Crippen LogP contribution in [0.2, 0.25) is 0 Å². The van der Waals surface area contributed by atoms with Gasteiger partial charge in [-0.3, -0.25) is 0 Å². The normalized spacial score (nSPS) is 11.7. The summed E-state index contributed by atoms with van der Waals surface area (Å²) in [5.74, 6) is 1.96. The van der Waals surface area contributed by atoms with Gasteiger partial charge in [0.15, 0.2) is 17.5 Å². The van der Waals surface area contributed by atoms with Crippen molar-refractivity contribution < 1.29 is 0 Å². The molecule has 0 N–H and O–H groups in total. The van der Waals surface area contributed by atoms with Crippen LogP contribution in [0.25, 0.3) is 99.9 Å². The van der Waals surface area contributed by atoms with E-state index in [1.54, 1.807) is 0 Å². The zero-order chi connectivity index (χ0) is 35.6. The molecule has 3 heterocycles. The summed E-state index contributed by atoms with van der Waals surface area (Å²) in [5.41, 5.74) is 9.86. The van der Waals surface area contributed by atoms with Gasteiger partial charge in [0.1, 0.15) is 0 Å². The summed E-state index contributed by atoms with van der Waals surface area (Å²) in [6.07, 6.45) is 0. The Labute approximate surface area is 311 Å². The Balaban J connectivity index is 1.08. The Morgan fingerprint density at radius 1 is 0.278 bits per heavy atom. The van der Waals surface area contributed by atoms with E-state index in [4.69, 9.17) is 15.0 Å². The Kier molecular flexibility index (Phi) is 6.79. The lowest BCUT2D eigenvalue weighted by Gasteiger charge is -2.12. The molecule has 11 aromatic rings. The number of rotatable bonds is 5. The molecule has 0 saturated carbocycles. The maximum Gasteiger partial charge on any atom is 0.164 e. The van der Waals surface area contributed by atoms with Gasteiger partial charge in [0.2, 0.25) is 0 Å². The van der Waals surface area contributed by atoms with Crippen molar-refractivity contribution in [1.29, 1.82) is 0 Å². The van der Waals surface area contributed by atoms with Crippen molar-refractivity contribution in [2.45, 2.75) is 0 Å². The van der Waals surface area contributed by atoms with Crippen LogP contribution in [0.4, 0.5) is 0 Å². The lowest BCUT2D eigenvalue weighted by atomic mass is 10.1. The van der Waals surface area contributed by atoms with Crippen LogP contribution in [-0.4, -0.2) is 24.1 Å². The summed E-state index contributed by atoms with van der Waals surface area (Å²) < 4.78 is 4.80. The minimum atomic E-state index is 0.647. The fourth-order valence-electron chi connectivity index (χ4n) is 8.01. The van der Waals surface area contributed by atoms with Crippen molar-refractivity contribution in [3.05, 3.63) is 188 Å². The summed E-state index contributed by atoms with van der Waals surface area (Å²) in [4.78, 5) is 14.8. The number of hydrogen-bond acceptors (Lipinski definition) is 3. The van der Waals surface area contributed by atoms with Gasteiger partial charge >= 0.3 is 0 Å². The molecular weight excluding hydrogens is 659 g/mol. The predicted molar refractivity (Wildman–Crippen MR) is 222 cm³/mol. The molecule has 0 aliphatic rings. The molecule has 54 heavy (non-hydrogen) atoms. The zero-order valence-corrected chi connectivity index (χ0v) is 29.1. The van der Waals surface area contributed by atoms with Crippen molar-refractivity contribution in [3.8, 4) is 45.5 Å². The first-order valence-corrected chi connectivity index (χ1v) is 18.2. The average Bonchev–Trinajstić information content (AvgIpc) is 3.75. The van der Waals surface area contributed by atoms with Gasteiger partial charge in [0.05, 0.1) is 22.1 Å². The Hall–Kier alpha value is -7.37. The quantitative estimate of drug-likeness (QED) is 0.181. The molecule has 11 rings (SSSR count). The van der Waals surface area contributed by atoms with Crippen molar-refractivity contribution in [2.75, 3.05) is 0 Å². The minimum absolute atomic E-state index is 0.647. The first kappa shape index (κ1) is 30.3. The third kappa shape index (κ3) is 4.83. The summed E-state index contributed by atoms with van der Waals surface area (Å²) in [7, 11) is 0. The van der Waals surface area contributed by atoms with Gasteiger partial charge in [-0.05, 0) is 65.4 Å². The van der Waals surface area contributed by atoms with E-state index in [9.17, 15) is 0 Å². The van der Waals surface area contributed by atoms with Gasteiger partial charge in [-0.1, -0.05) is 133 Å². The highest BCUT2D eigenvalue weighted by Gasteiger charge is 2.19. The summed E-state index contributed by atoms with van der Waals surface area (Å²) >= 11 is 0. The predicted octanol–water partition coefficient (Wildman–Crippen LogP) is 12.2. The molecule has 0 amide bonds. The van der Waals surface area contributed by atoms with E-state index in [0.717, 1.165) is 38.8 Å². The second-order valence-corrected chi connectivity index (χ2v) is 13.7. The van der Waals surface area contributed by atoms with Gasteiger partial charge in [-0.25, -0.2) is 15.0 Å². The molecule has 0 aliphatic carbocycles. The lowest BCUT2D eigenvalue weighted by molar-refractivity contribution is 1.07. The van der Waals surface area contributed by atoms with Crippen LogP contribution in [0.3, 0.4) is 0 Å². The van der Waals surface area contributed by atoms with Gasteiger partial charge in [0, 0.05) is 49.6 Å². The highest BCUT2D eigenvalue weighted by Crippen LogP contribution is 2.40. The second kappa shape index (κ2) is 12.1. The summed E-state index contributed by atoms with van der Waals surface area (Å²) in [5, 5.41) is 7.23. The molecule has 0 atom stereocenters. The van der Waals surface area contributed by atoms with E-state index in [2.05, 4.69) is 137 Å². The molecule has 0 radical (unpaired) electrons. The van der Waals surface area contributed by atoms with Gasteiger partial charge < -0.3 is 9.13 Å². The van der Waals surface area contributed by atoms with Crippen LogP contribution in [0.5, 0.6) is 0 Å². The van der Waals surface area contributed by atoms with Crippen molar-refractivity contribution in [3.63, 3.8) is 0 Å². The summed E-state index contributed by atoms with van der Waals surface area (Å²) in [6, 6.07) is 66.3.